The van der Waals surface area contributed by atoms with Crippen molar-refractivity contribution in [1.29, 1.82) is 0 Å². The first-order valence-electron chi connectivity index (χ1n) is 11.3. The molecule has 4 N–H and O–H groups in total. The number of fused-ring (bicyclic) bond motifs is 1. The van der Waals surface area contributed by atoms with Gasteiger partial charge in [0.2, 0.25) is 0 Å². The molecule has 5 aromatic rings. The Morgan fingerprint density at radius 2 is 1.66 bits per heavy atom. The van der Waals surface area contributed by atoms with Crippen molar-refractivity contribution in [3.63, 3.8) is 0 Å². The summed E-state index contributed by atoms with van der Waals surface area (Å²) in [4.78, 5) is 29.6. The van der Waals surface area contributed by atoms with Crippen LogP contribution < -0.4 is 17.0 Å². The first kappa shape index (κ1) is 22.1. The van der Waals surface area contributed by atoms with Gasteiger partial charge in [-0.2, -0.15) is 5.10 Å². The van der Waals surface area contributed by atoms with Crippen LogP contribution in [0, 0.1) is 0 Å². The number of carbonyl (C=O) groups is 1. The smallest absolute Gasteiger partial charge is 0.264 e. The molecule has 0 atom stereocenters. The number of benzene rings is 2. The average Bonchev–Trinajstić information content (AvgIpc) is 3.26. The Bertz CT molecular complexity index is 1600. The number of amides is 1. The lowest BCUT2D eigenvalue weighted by atomic mass is 9.97. The molecule has 8 nitrogen and oxygen atoms in total. The second-order valence-corrected chi connectivity index (χ2v) is 8.27. The molecule has 0 saturated heterocycles. The number of hydrogen-bond donors (Lipinski definition) is 2. The molecule has 0 aliphatic rings. The Morgan fingerprint density at radius 1 is 0.971 bits per heavy atom. The monoisotopic (exact) mass is 464 g/mol. The Labute approximate surface area is 201 Å². The third-order valence-corrected chi connectivity index (χ3v) is 6.13. The molecule has 0 unspecified atom stereocenters. The van der Waals surface area contributed by atoms with Gasteiger partial charge in [0.15, 0.2) is 5.82 Å². The molecular formula is C27H24N6O2. The van der Waals surface area contributed by atoms with Gasteiger partial charge in [-0.3, -0.25) is 9.59 Å². The van der Waals surface area contributed by atoms with Crippen molar-refractivity contribution < 1.29 is 4.79 Å². The van der Waals surface area contributed by atoms with Gasteiger partial charge in [-0.1, -0.05) is 61.5 Å². The number of aromatic nitrogens is 4. The number of nitrogens with zero attached hydrogens (tertiary/aromatic N) is 4. The molecule has 0 saturated carbocycles. The fraction of sp³-hybridized carbons (Fsp3) is 0.111. The maximum absolute atomic E-state index is 13.1. The van der Waals surface area contributed by atoms with E-state index in [1.54, 1.807) is 12.3 Å². The van der Waals surface area contributed by atoms with Gasteiger partial charge in [-0.25, -0.2) is 9.50 Å². The van der Waals surface area contributed by atoms with E-state index in [2.05, 4.69) is 23.1 Å². The van der Waals surface area contributed by atoms with Gasteiger partial charge in [-0.15, -0.1) is 0 Å². The molecule has 8 heteroatoms. The standard InChI is InChI=1S/C27H24N6O2/c1-2-20-14-22(24-25(28)30-16-31-33(20)24)19-10-8-18(9-11-19)21-12-13-32(27(35)23(21)26(29)34)15-17-6-4-3-5-7-17/h3-14,16H,2,15H2,1H3,(H2,29,34)(H2,28,30,31). The molecule has 174 valence electrons. The number of hydrogen-bond acceptors (Lipinski definition) is 5. The number of pyridine rings is 1. The minimum Gasteiger partial charge on any atom is -0.382 e. The molecule has 1 amide bonds. The fourth-order valence-electron chi connectivity index (χ4n) is 4.39. The predicted octanol–water partition coefficient (Wildman–Crippen LogP) is 3.52. The summed E-state index contributed by atoms with van der Waals surface area (Å²) >= 11 is 0. The molecule has 0 aliphatic heterocycles. The quantitative estimate of drug-likeness (QED) is 0.398. The molecule has 0 fully saturated rings. The third-order valence-electron chi connectivity index (χ3n) is 6.13. The van der Waals surface area contributed by atoms with E-state index < -0.39 is 11.5 Å². The van der Waals surface area contributed by atoms with Crippen LogP contribution in [0.1, 0.15) is 28.5 Å². The summed E-state index contributed by atoms with van der Waals surface area (Å²) in [6, 6.07) is 21.0. The van der Waals surface area contributed by atoms with Crippen molar-refractivity contribution in [1.82, 2.24) is 19.2 Å². The van der Waals surface area contributed by atoms with Gasteiger partial charge in [0.25, 0.3) is 11.5 Å². The second kappa shape index (κ2) is 8.90. The zero-order chi connectivity index (χ0) is 24.5. The van der Waals surface area contributed by atoms with Gasteiger partial charge >= 0.3 is 0 Å². The minimum atomic E-state index is -0.757. The summed E-state index contributed by atoms with van der Waals surface area (Å²) < 4.78 is 3.30. The van der Waals surface area contributed by atoms with E-state index in [0.717, 1.165) is 39.9 Å². The molecule has 0 bridgehead atoms. The van der Waals surface area contributed by atoms with Crippen LogP contribution >= 0.6 is 0 Å². The Kier molecular flexibility index (Phi) is 5.62. The zero-order valence-electron chi connectivity index (χ0n) is 19.2. The number of rotatable bonds is 6. The number of aryl methyl sites for hydroxylation is 1. The van der Waals surface area contributed by atoms with Crippen LogP contribution in [0.4, 0.5) is 5.82 Å². The van der Waals surface area contributed by atoms with Crippen molar-refractivity contribution in [2.45, 2.75) is 19.9 Å². The molecule has 0 radical (unpaired) electrons. The Balaban J connectivity index is 1.56. The van der Waals surface area contributed by atoms with E-state index in [1.165, 1.54) is 10.9 Å². The molecule has 5 rings (SSSR count). The zero-order valence-corrected chi connectivity index (χ0v) is 19.2. The average molecular weight is 465 g/mol. The summed E-state index contributed by atoms with van der Waals surface area (Å²) in [6.45, 7) is 2.41. The van der Waals surface area contributed by atoms with Gasteiger partial charge in [-0.05, 0) is 35.2 Å². The van der Waals surface area contributed by atoms with Gasteiger partial charge in [0.05, 0.1) is 6.54 Å². The van der Waals surface area contributed by atoms with E-state index in [-0.39, 0.29) is 5.56 Å². The van der Waals surface area contributed by atoms with E-state index in [0.29, 0.717) is 17.9 Å². The summed E-state index contributed by atoms with van der Waals surface area (Å²) in [5.74, 6) is -0.357. The normalized spacial score (nSPS) is 11.1. The molecule has 0 spiro atoms. The van der Waals surface area contributed by atoms with Crippen LogP contribution in [0.2, 0.25) is 0 Å². The van der Waals surface area contributed by atoms with Gasteiger partial charge in [0.1, 0.15) is 17.4 Å². The van der Waals surface area contributed by atoms with Crippen LogP contribution in [-0.2, 0) is 13.0 Å². The molecule has 0 aliphatic carbocycles. The van der Waals surface area contributed by atoms with E-state index in [9.17, 15) is 9.59 Å². The van der Waals surface area contributed by atoms with Gasteiger partial charge < -0.3 is 16.0 Å². The van der Waals surface area contributed by atoms with Crippen molar-refractivity contribution in [2.75, 3.05) is 5.73 Å². The molecular weight excluding hydrogens is 440 g/mol. The Morgan fingerprint density at radius 3 is 2.31 bits per heavy atom. The van der Waals surface area contributed by atoms with Gasteiger partial charge in [0, 0.05) is 23.0 Å². The maximum atomic E-state index is 13.1. The molecule has 35 heavy (non-hydrogen) atoms. The van der Waals surface area contributed by atoms with Crippen molar-refractivity contribution in [2.24, 2.45) is 5.73 Å². The lowest BCUT2D eigenvalue weighted by molar-refractivity contribution is 0.0999. The lowest BCUT2D eigenvalue weighted by Crippen LogP contribution is -2.30. The number of anilines is 1. The minimum absolute atomic E-state index is 0.0311. The summed E-state index contributed by atoms with van der Waals surface area (Å²) in [5.41, 5.74) is 17.1. The van der Waals surface area contributed by atoms with Crippen LogP contribution in [0.25, 0.3) is 27.8 Å². The van der Waals surface area contributed by atoms with E-state index in [1.807, 2.05) is 59.1 Å². The largest absolute Gasteiger partial charge is 0.382 e. The number of nitrogen functional groups attached to an aromatic ring is 1. The van der Waals surface area contributed by atoms with Crippen LogP contribution in [0.15, 0.2) is 84.0 Å². The summed E-state index contributed by atoms with van der Waals surface area (Å²) in [6.07, 6.45) is 3.93. The van der Waals surface area contributed by atoms with Crippen LogP contribution in [0.3, 0.4) is 0 Å². The summed E-state index contributed by atoms with van der Waals surface area (Å²) in [7, 11) is 0. The van der Waals surface area contributed by atoms with Crippen LogP contribution in [-0.4, -0.2) is 25.1 Å². The van der Waals surface area contributed by atoms with Crippen molar-refractivity contribution in [3.05, 3.63) is 106 Å². The third kappa shape index (κ3) is 3.95. The molecule has 2 aromatic carbocycles. The number of nitrogens with two attached hydrogens (primary N) is 2. The fourth-order valence-corrected chi connectivity index (χ4v) is 4.39. The maximum Gasteiger partial charge on any atom is 0.264 e. The highest BCUT2D eigenvalue weighted by Gasteiger charge is 2.18. The highest BCUT2D eigenvalue weighted by molar-refractivity contribution is 5.99. The second-order valence-electron chi connectivity index (χ2n) is 8.27. The predicted molar refractivity (Wildman–Crippen MR) is 136 cm³/mol. The van der Waals surface area contributed by atoms with Crippen molar-refractivity contribution in [3.8, 4) is 22.3 Å². The number of carbonyl (C=O) groups excluding carboxylic acids is 1. The first-order chi connectivity index (χ1) is 17.0. The SMILES string of the molecule is CCc1cc(-c2ccc(-c3ccn(Cc4ccccc4)c(=O)c3C(N)=O)cc2)c2c(N)ncnn12. The van der Waals surface area contributed by atoms with Crippen LogP contribution in [0.5, 0.6) is 0 Å². The topological polar surface area (TPSA) is 121 Å². The number of primary amides is 1. The summed E-state index contributed by atoms with van der Waals surface area (Å²) in [5, 5.41) is 4.34. The highest BCUT2D eigenvalue weighted by Crippen LogP contribution is 2.32. The van der Waals surface area contributed by atoms with E-state index >= 15 is 0 Å². The Hall–Kier alpha value is -4.72. The van der Waals surface area contributed by atoms with Crippen molar-refractivity contribution >= 4 is 17.2 Å². The first-order valence-corrected chi connectivity index (χ1v) is 11.3. The molecule has 3 aromatic heterocycles. The highest BCUT2D eigenvalue weighted by atomic mass is 16.2. The van der Waals surface area contributed by atoms with E-state index in [4.69, 9.17) is 11.5 Å². The lowest BCUT2D eigenvalue weighted by Gasteiger charge is -2.12. The molecule has 3 heterocycles.